The molecule has 2 atom stereocenters. The predicted octanol–water partition coefficient (Wildman–Crippen LogP) is 0.0758. The lowest BCUT2D eigenvalue weighted by atomic mass is 10.5. The van der Waals surface area contributed by atoms with Gasteiger partial charge >= 0.3 is 0 Å². The molecule has 0 fully saturated rings. The van der Waals surface area contributed by atoms with E-state index in [1.165, 1.54) is 0 Å². The average Bonchev–Trinajstić information content (AvgIpc) is 1.64. The highest BCUT2D eigenvalue weighted by atomic mass is 127. The van der Waals surface area contributed by atoms with Crippen LogP contribution in [0.25, 0.3) is 0 Å². The molecule has 52 valence electrons. The zero-order chi connectivity index (χ0) is 7.44. The van der Waals surface area contributed by atoms with Gasteiger partial charge in [0.2, 0.25) is 0 Å². The first-order chi connectivity index (χ1) is 4.09. The van der Waals surface area contributed by atoms with Crippen molar-refractivity contribution in [3.8, 4) is 0 Å². The predicted molar refractivity (Wildman–Crippen MR) is 48.6 cm³/mol. The van der Waals surface area contributed by atoms with Crippen molar-refractivity contribution in [2.45, 2.75) is 10.2 Å². The Balaban J connectivity index is 3.98. The van der Waals surface area contributed by atoms with Crippen molar-refractivity contribution in [1.29, 1.82) is 0 Å². The maximum absolute atomic E-state index is 5.52. The summed E-state index contributed by atoms with van der Waals surface area (Å²) in [5.41, 5.74) is 5.52. The molecule has 0 aliphatic carbocycles. The minimum atomic E-state index is -0.0781. The molecule has 0 saturated carbocycles. The fourth-order valence-corrected chi connectivity index (χ4v) is 1.26. The highest BCUT2D eigenvalue weighted by Crippen LogP contribution is 2.02. The molecule has 0 spiro atoms. The van der Waals surface area contributed by atoms with E-state index in [4.69, 9.17) is 5.73 Å². The molecule has 0 aromatic heterocycles. The molecule has 0 heterocycles. The number of aliphatic imine (C=N–C) groups is 1. The Kier molecular flexibility index (Phi) is 3.96. The first-order valence-corrected chi connectivity index (χ1v) is 3.73. The fourth-order valence-electron chi connectivity index (χ4n) is 0.483. The molecule has 0 aromatic carbocycles. The van der Waals surface area contributed by atoms with Crippen LogP contribution in [0.1, 0.15) is 0 Å². The molecule has 0 saturated heterocycles. The van der Waals surface area contributed by atoms with E-state index in [1.54, 1.807) is 4.58 Å². The molecule has 0 bridgehead atoms. The van der Waals surface area contributed by atoms with Gasteiger partial charge in [-0.2, -0.15) is 0 Å². The van der Waals surface area contributed by atoms with Crippen LogP contribution in [0.5, 0.6) is 0 Å². The van der Waals surface area contributed by atoms with E-state index < -0.39 is 0 Å². The lowest BCUT2D eigenvalue weighted by Crippen LogP contribution is -2.34. The van der Waals surface area contributed by atoms with Crippen molar-refractivity contribution in [2.24, 2.45) is 10.7 Å². The Bertz CT molecular complexity index is 121. The third-order valence-corrected chi connectivity index (χ3v) is 1.57. The number of alkyl halides is 1. The average molecular weight is 240 g/mol. The monoisotopic (exact) mass is 240 g/mol. The second kappa shape index (κ2) is 3.94. The summed E-state index contributed by atoms with van der Waals surface area (Å²) in [5.74, 6) is 0. The third-order valence-electron chi connectivity index (χ3n) is 0.923. The number of likely N-dealkylation sites (N-methyl/N-ethyl adjacent to an activating group) is 1. The molecule has 0 amide bonds. The van der Waals surface area contributed by atoms with Gasteiger partial charge < -0.3 is 5.73 Å². The van der Waals surface area contributed by atoms with E-state index in [-0.39, 0.29) is 10.2 Å². The van der Waals surface area contributed by atoms with Gasteiger partial charge in [0.15, 0.2) is 0 Å². The summed E-state index contributed by atoms with van der Waals surface area (Å²) < 4.78 is 1.65. The maximum Gasteiger partial charge on any atom is 0.268 e. The number of hydrogen-bond donors (Lipinski definition) is 1. The zero-order valence-electron chi connectivity index (χ0n) is 5.42. The van der Waals surface area contributed by atoms with Crippen molar-refractivity contribution < 1.29 is 4.58 Å². The van der Waals surface area contributed by atoms with E-state index in [1.807, 2.05) is 7.05 Å². The Morgan fingerprint density at radius 3 is 2.22 bits per heavy atom. The van der Waals surface area contributed by atoms with Crippen LogP contribution in [0.2, 0.25) is 0 Å². The first-order valence-electron chi connectivity index (χ1n) is 2.48. The van der Waals surface area contributed by atoms with E-state index in [2.05, 4.69) is 41.0 Å². The summed E-state index contributed by atoms with van der Waals surface area (Å²) in [5, 5.41) is 0. The van der Waals surface area contributed by atoms with Crippen LogP contribution in [0.3, 0.4) is 0 Å². The largest absolute Gasteiger partial charge is 0.312 e. The molecule has 0 aliphatic rings. The molecule has 2 N–H and O–H groups in total. The second-order valence-corrected chi connectivity index (χ2v) is 3.24. The molecule has 0 aliphatic heterocycles. The Morgan fingerprint density at radius 2 is 2.22 bits per heavy atom. The van der Waals surface area contributed by atoms with Gasteiger partial charge in [-0.1, -0.05) is 22.6 Å². The van der Waals surface area contributed by atoms with Crippen LogP contribution >= 0.6 is 22.6 Å². The van der Waals surface area contributed by atoms with Crippen LogP contribution in [0, 0.1) is 0 Å². The van der Waals surface area contributed by atoms with Gasteiger partial charge in [-0.15, -0.1) is 0 Å². The molecule has 2 unspecified atom stereocenters. The van der Waals surface area contributed by atoms with Gasteiger partial charge in [-0.3, -0.25) is 0 Å². The van der Waals surface area contributed by atoms with Crippen molar-refractivity contribution >= 4 is 36.0 Å². The van der Waals surface area contributed by atoms with E-state index in [9.17, 15) is 0 Å². The van der Waals surface area contributed by atoms with Crippen LogP contribution in [0.4, 0.5) is 0 Å². The molecule has 4 heteroatoms. The summed E-state index contributed by atoms with van der Waals surface area (Å²) in [7, 11) is 1.82. The van der Waals surface area contributed by atoms with E-state index in [0.717, 1.165) is 0 Å². The van der Waals surface area contributed by atoms with Gasteiger partial charge in [0.25, 0.3) is 6.17 Å². The zero-order valence-corrected chi connectivity index (χ0v) is 7.58. The molecule has 0 radical (unpaired) electrons. The van der Waals surface area contributed by atoms with Crippen molar-refractivity contribution in [3.63, 3.8) is 0 Å². The lowest BCUT2D eigenvalue weighted by Gasteiger charge is -2.07. The number of halogens is 1. The van der Waals surface area contributed by atoms with Crippen LogP contribution in [-0.4, -0.2) is 35.3 Å². The van der Waals surface area contributed by atoms with Crippen molar-refractivity contribution in [2.75, 3.05) is 7.05 Å². The number of rotatable bonds is 3. The Labute approximate surface area is 68.8 Å². The normalized spacial score (nSPS) is 16.3. The minimum absolute atomic E-state index is 0.0393. The summed E-state index contributed by atoms with van der Waals surface area (Å²) in [4.78, 5) is 3.77. The van der Waals surface area contributed by atoms with Gasteiger partial charge in [0, 0.05) is 0 Å². The summed E-state index contributed by atoms with van der Waals surface area (Å²) in [6, 6.07) is 0. The Hall–Kier alpha value is 0.0300. The topological polar surface area (TPSA) is 41.4 Å². The van der Waals surface area contributed by atoms with E-state index >= 15 is 0 Å². The van der Waals surface area contributed by atoms with Gasteiger partial charge in [0.05, 0.1) is 0 Å². The minimum Gasteiger partial charge on any atom is -0.312 e. The lowest BCUT2D eigenvalue weighted by molar-refractivity contribution is -0.526. The molecule has 9 heavy (non-hydrogen) atoms. The Morgan fingerprint density at radius 1 is 1.78 bits per heavy atom. The first kappa shape index (κ1) is 9.03. The number of nitrogens with zero attached hydrogens (tertiary/aromatic N) is 2. The third kappa shape index (κ3) is 2.90. The standard InChI is InChI=1S/C5H11IN3/c1-8-5(4(6)7)9(2)3/h4-5H,1-2,7H2,3H3/q+1. The smallest absolute Gasteiger partial charge is 0.268 e. The van der Waals surface area contributed by atoms with Crippen LogP contribution < -0.4 is 5.73 Å². The maximum atomic E-state index is 5.52. The second-order valence-electron chi connectivity index (χ2n) is 1.80. The highest BCUT2D eigenvalue weighted by molar-refractivity contribution is 14.1. The summed E-state index contributed by atoms with van der Waals surface area (Å²) >= 11 is 2.08. The molecule has 0 rings (SSSR count). The summed E-state index contributed by atoms with van der Waals surface area (Å²) in [6.07, 6.45) is -0.0781. The van der Waals surface area contributed by atoms with Gasteiger partial charge in [-0.05, 0) is 6.72 Å². The van der Waals surface area contributed by atoms with Crippen LogP contribution in [-0.2, 0) is 0 Å². The molecule has 3 nitrogen and oxygen atoms in total. The molecular formula is C5H11IN3+. The number of hydrogen-bond acceptors (Lipinski definition) is 2. The van der Waals surface area contributed by atoms with E-state index in [0.29, 0.717) is 0 Å². The SMILES string of the molecule is C=NC(C(N)I)[N+](=C)C. The highest BCUT2D eigenvalue weighted by Gasteiger charge is 2.18. The molecule has 0 aromatic rings. The van der Waals surface area contributed by atoms with Gasteiger partial charge in [0.1, 0.15) is 17.8 Å². The fraction of sp³-hybridized carbons (Fsp3) is 0.600. The van der Waals surface area contributed by atoms with Crippen molar-refractivity contribution in [3.05, 3.63) is 0 Å². The molecular weight excluding hydrogens is 229 g/mol. The summed E-state index contributed by atoms with van der Waals surface area (Å²) in [6.45, 7) is 7.03. The number of nitrogens with two attached hydrogens (primary N) is 1. The quantitative estimate of drug-likeness (QED) is 0.245. The van der Waals surface area contributed by atoms with Crippen molar-refractivity contribution in [1.82, 2.24) is 0 Å². The van der Waals surface area contributed by atoms with Gasteiger partial charge in [-0.25, -0.2) is 9.57 Å². The van der Waals surface area contributed by atoms with Crippen LogP contribution in [0.15, 0.2) is 4.99 Å².